The number of carbonyl (C=O) groups is 1. The standard InChI is InChI=1S/C22H21N5O2S2/c1-15-4-6-16(7-5-15)20-24-19(29-25-20)14-26-8-10-27(11-9-26)22(28)18-13-23-21(31-18)17-3-2-12-30-17/h2-7,12-13H,8-11,14H2,1H3. The third-order valence-corrected chi connectivity index (χ3v) is 7.27. The fraction of sp³-hybridized carbons (Fsp3) is 0.273. The molecule has 1 fully saturated rings. The summed E-state index contributed by atoms with van der Waals surface area (Å²) < 4.78 is 5.44. The number of piperazine rings is 1. The van der Waals surface area contributed by atoms with E-state index in [4.69, 9.17) is 4.52 Å². The van der Waals surface area contributed by atoms with Gasteiger partial charge in [-0.3, -0.25) is 9.69 Å². The molecule has 0 N–H and O–H groups in total. The maximum atomic E-state index is 12.9. The van der Waals surface area contributed by atoms with Crippen molar-refractivity contribution in [2.45, 2.75) is 13.5 Å². The number of nitrogens with zero attached hydrogens (tertiary/aromatic N) is 5. The molecule has 1 aliphatic heterocycles. The van der Waals surface area contributed by atoms with Crippen LogP contribution in [0.15, 0.2) is 52.5 Å². The van der Waals surface area contributed by atoms with Crippen LogP contribution >= 0.6 is 22.7 Å². The van der Waals surface area contributed by atoms with E-state index in [9.17, 15) is 4.79 Å². The molecule has 1 aliphatic rings. The van der Waals surface area contributed by atoms with Crippen LogP contribution in [0, 0.1) is 6.92 Å². The molecule has 5 rings (SSSR count). The lowest BCUT2D eigenvalue weighted by atomic mass is 10.1. The molecule has 0 bridgehead atoms. The van der Waals surface area contributed by atoms with Crippen LogP contribution in [-0.4, -0.2) is 57.0 Å². The number of benzene rings is 1. The zero-order valence-electron chi connectivity index (χ0n) is 17.0. The van der Waals surface area contributed by atoms with Crippen LogP contribution in [0.1, 0.15) is 21.1 Å². The number of thiazole rings is 1. The predicted octanol–water partition coefficient (Wildman–Crippen LogP) is 4.19. The Hall–Kier alpha value is -2.88. The van der Waals surface area contributed by atoms with Gasteiger partial charge in [-0.15, -0.1) is 22.7 Å². The Balaban J connectivity index is 1.16. The summed E-state index contributed by atoms with van der Waals surface area (Å²) in [4.78, 5) is 27.7. The van der Waals surface area contributed by atoms with Crippen molar-refractivity contribution in [1.29, 1.82) is 0 Å². The van der Waals surface area contributed by atoms with E-state index in [0.29, 0.717) is 36.2 Å². The van der Waals surface area contributed by atoms with Crippen molar-refractivity contribution in [2.75, 3.05) is 26.2 Å². The van der Waals surface area contributed by atoms with Gasteiger partial charge in [-0.2, -0.15) is 4.98 Å². The van der Waals surface area contributed by atoms with Gasteiger partial charge in [0.1, 0.15) is 9.88 Å². The molecule has 4 aromatic rings. The minimum atomic E-state index is 0.0550. The molecule has 0 saturated carbocycles. The van der Waals surface area contributed by atoms with Crippen LogP contribution < -0.4 is 0 Å². The molecule has 7 nitrogen and oxygen atoms in total. The maximum absolute atomic E-state index is 12.9. The summed E-state index contributed by atoms with van der Waals surface area (Å²) in [5.74, 6) is 1.26. The Morgan fingerprint density at radius 3 is 2.68 bits per heavy atom. The van der Waals surface area contributed by atoms with Crippen molar-refractivity contribution in [1.82, 2.24) is 24.9 Å². The Morgan fingerprint density at radius 2 is 1.94 bits per heavy atom. The van der Waals surface area contributed by atoms with Gasteiger partial charge in [0.05, 0.1) is 17.6 Å². The summed E-state index contributed by atoms with van der Waals surface area (Å²) in [6.45, 7) is 5.51. The Morgan fingerprint density at radius 1 is 1.13 bits per heavy atom. The molecule has 31 heavy (non-hydrogen) atoms. The third-order valence-electron chi connectivity index (χ3n) is 5.24. The number of aromatic nitrogens is 3. The Bertz CT molecular complexity index is 1160. The van der Waals surface area contributed by atoms with Crippen molar-refractivity contribution in [3.8, 4) is 21.3 Å². The molecular weight excluding hydrogens is 430 g/mol. The molecule has 4 heterocycles. The minimum absolute atomic E-state index is 0.0550. The highest BCUT2D eigenvalue weighted by atomic mass is 32.1. The summed E-state index contributed by atoms with van der Waals surface area (Å²) in [7, 11) is 0. The molecule has 0 aliphatic carbocycles. The van der Waals surface area contributed by atoms with Crippen molar-refractivity contribution in [2.24, 2.45) is 0 Å². The molecule has 1 saturated heterocycles. The SMILES string of the molecule is Cc1ccc(-c2noc(CN3CCN(C(=O)c4cnc(-c5cccs5)s4)CC3)n2)cc1. The molecule has 1 amide bonds. The van der Waals surface area contributed by atoms with Crippen LogP contribution in [0.25, 0.3) is 21.3 Å². The Labute approximate surface area is 188 Å². The quantitative estimate of drug-likeness (QED) is 0.453. The monoisotopic (exact) mass is 451 g/mol. The largest absolute Gasteiger partial charge is 0.338 e. The van der Waals surface area contributed by atoms with Crippen LogP contribution in [-0.2, 0) is 6.54 Å². The average Bonchev–Trinajstić information content (AvgIpc) is 3.55. The molecule has 3 aromatic heterocycles. The number of hydrogen-bond acceptors (Lipinski definition) is 8. The highest BCUT2D eigenvalue weighted by Gasteiger charge is 2.25. The highest BCUT2D eigenvalue weighted by molar-refractivity contribution is 7.21. The van der Waals surface area contributed by atoms with Crippen molar-refractivity contribution >= 4 is 28.6 Å². The van der Waals surface area contributed by atoms with Crippen molar-refractivity contribution < 1.29 is 9.32 Å². The fourth-order valence-corrected chi connectivity index (χ4v) is 5.17. The second-order valence-electron chi connectivity index (χ2n) is 7.45. The average molecular weight is 452 g/mol. The second-order valence-corrected chi connectivity index (χ2v) is 9.43. The van der Waals surface area contributed by atoms with Gasteiger partial charge >= 0.3 is 0 Å². The first-order valence-electron chi connectivity index (χ1n) is 10.1. The summed E-state index contributed by atoms with van der Waals surface area (Å²) in [5.41, 5.74) is 2.14. The zero-order valence-corrected chi connectivity index (χ0v) is 18.7. The van der Waals surface area contributed by atoms with Gasteiger partial charge in [0, 0.05) is 31.7 Å². The van der Waals surface area contributed by atoms with E-state index in [1.165, 1.54) is 16.9 Å². The van der Waals surface area contributed by atoms with Crippen LogP contribution in [0.4, 0.5) is 0 Å². The first kappa shape index (κ1) is 20.0. The first-order chi connectivity index (χ1) is 15.2. The lowest BCUT2D eigenvalue weighted by molar-refractivity contribution is 0.0619. The number of carbonyl (C=O) groups excluding carboxylic acids is 1. The zero-order chi connectivity index (χ0) is 21.2. The van der Waals surface area contributed by atoms with Gasteiger partial charge in [0.15, 0.2) is 0 Å². The molecule has 0 radical (unpaired) electrons. The maximum Gasteiger partial charge on any atom is 0.265 e. The summed E-state index contributed by atoms with van der Waals surface area (Å²) >= 11 is 3.09. The second kappa shape index (κ2) is 8.70. The van der Waals surface area contributed by atoms with Crippen molar-refractivity contribution in [3.63, 3.8) is 0 Å². The number of amides is 1. The van der Waals surface area contributed by atoms with E-state index in [0.717, 1.165) is 28.5 Å². The van der Waals surface area contributed by atoms with Crippen LogP contribution in [0.5, 0.6) is 0 Å². The van der Waals surface area contributed by atoms with Gasteiger partial charge < -0.3 is 9.42 Å². The van der Waals surface area contributed by atoms with E-state index < -0.39 is 0 Å². The molecule has 158 valence electrons. The van der Waals surface area contributed by atoms with E-state index >= 15 is 0 Å². The van der Waals surface area contributed by atoms with Crippen LogP contribution in [0.2, 0.25) is 0 Å². The highest BCUT2D eigenvalue weighted by Crippen LogP contribution is 2.29. The number of aryl methyl sites for hydroxylation is 1. The third kappa shape index (κ3) is 4.43. The lowest BCUT2D eigenvalue weighted by Gasteiger charge is -2.33. The topological polar surface area (TPSA) is 75.4 Å². The number of rotatable bonds is 5. The summed E-state index contributed by atoms with van der Waals surface area (Å²) in [5, 5.41) is 7.02. The van der Waals surface area contributed by atoms with E-state index in [-0.39, 0.29) is 5.91 Å². The van der Waals surface area contributed by atoms with Gasteiger partial charge in [-0.1, -0.05) is 41.1 Å². The first-order valence-corrected chi connectivity index (χ1v) is 11.8. The minimum Gasteiger partial charge on any atom is -0.338 e. The molecular formula is C22H21N5O2S2. The number of hydrogen-bond donors (Lipinski definition) is 0. The molecule has 0 unspecified atom stereocenters. The fourth-order valence-electron chi connectivity index (χ4n) is 3.48. The lowest BCUT2D eigenvalue weighted by Crippen LogP contribution is -2.48. The van der Waals surface area contributed by atoms with E-state index in [2.05, 4.69) is 20.0 Å². The Kier molecular flexibility index (Phi) is 5.63. The summed E-state index contributed by atoms with van der Waals surface area (Å²) in [6.07, 6.45) is 1.69. The summed E-state index contributed by atoms with van der Waals surface area (Å²) in [6, 6.07) is 12.1. The van der Waals surface area contributed by atoms with Gasteiger partial charge in [0.25, 0.3) is 5.91 Å². The molecule has 0 atom stereocenters. The smallest absolute Gasteiger partial charge is 0.265 e. The van der Waals surface area contributed by atoms with Crippen molar-refractivity contribution in [3.05, 3.63) is 64.3 Å². The van der Waals surface area contributed by atoms with E-state index in [1.807, 2.05) is 53.6 Å². The molecule has 1 aromatic carbocycles. The predicted molar refractivity (Wildman–Crippen MR) is 121 cm³/mol. The van der Waals surface area contributed by atoms with Gasteiger partial charge in [-0.05, 0) is 18.4 Å². The molecule has 0 spiro atoms. The number of thiophene rings is 1. The van der Waals surface area contributed by atoms with E-state index in [1.54, 1.807) is 17.5 Å². The van der Waals surface area contributed by atoms with Crippen LogP contribution in [0.3, 0.4) is 0 Å². The van der Waals surface area contributed by atoms with Gasteiger partial charge in [0.2, 0.25) is 11.7 Å². The normalized spacial score (nSPS) is 14.8. The van der Waals surface area contributed by atoms with Gasteiger partial charge in [-0.25, -0.2) is 4.98 Å². The molecule has 9 heteroatoms.